The summed E-state index contributed by atoms with van der Waals surface area (Å²) < 4.78 is 43.4. The molecule has 0 saturated carbocycles. The first kappa shape index (κ1) is 22.3. The third-order valence-electron chi connectivity index (χ3n) is 5.73. The van der Waals surface area contributed by atoms with Gasteiger partial charge in [-0.15, -0.1) is 0 Å². The van der Waals surface area contributed by atoms with Gasteiger partial charge in [-0.25, -0.2) is 13.2 Å². The number of benzene rings is 2. The number of hydrogen-bond donors (Lipinski definition) is 0. The summed E-state index contributed by atoms with van der Waals surface area (Å²) in [5.41, 5.74) is 0.697. The molecular weight excluding hydrogens is 460 g/mol. The summed E-state index contributed by atoms with van der Waals surface area (Å²) in [6, 6.07) is 14.7. The van der Waals surface area contributed by atoms with Crippen LogP contribution in [0, 0.1) is 0 Å². The minimum Gasteiger partial charge on any atom is -0.497 e. The van der Waals surface area contributed by atoms with Crippen molar-refractivity contribution in [2.75, 3.05) is 33.3 Å². The van der Waals surface area contributed by atoms with E-state index in [0.717, 1.165) is 11.3 Å². The Balaban J connectivity index is 1.23. The number of nitrogens with zero attached hydrogens (tertiary/aromatic N) is 4. The molecule has 0 bridgehead atoms. The molecule has 0 amide bonds. The normalized spacial score (nSPS) is 15.6. The Bertz CT molecular complexity index is 1470. The summed E-state index contributed by atoms with van der Waals surface area (Å²) in [5, 5.41) is 4.60. The lowest BCUT2D eigenvalue weighted by atomic mass is 10.2. The zero-order chi connectivity index (χ0) is 23.7. The molecule has 2 aromatic carbocycles. The predicted octanol–water partition coefficient (Wildman–Crippen LogP) is 2.36. The molecule has 0 atom stereocenters. The van der Waals surface area contributed by atoms with Crippen LogP contribution in [0.1, 0.15) is 5.89 Å². The van der Waals surface area contributed by atoms with Crippen LogP contribution in [0.25, 0.3) is 22.4 Å². The van der Waals surface area contributed by atoms with Crippen LogP contribution in [0.15, 0.2) is 73.2 Å². The van der Waals surface area contributed by atoms with Gasteiger partial charge in [-0.1, -0.05) is 5.16 Å². The van der Waals surface area contributed by atoms with Crippen molar-refractivity contribution in [3.8, 4) is 17.1 Å². The third-order valence-corrected chi connectivity index (χ3v) is 7.63. The van der Waals surface area contributed by atoms with Crippen LogP contribution in [0.2, 0.25) is 0 Å². The molecule has 4 aromatic rings. The number of ether oxygens (including phenoxy) is 1. The third kappa shape index (κ3) is 4.45. The van der Waals surface area contributed by atoms with Gasteiger partial charge in [0.2, 0.25) is 21.7 Å². The van der Waals surface area contributed by atoms with Crippen molar-refractivity contribution >= 4 is 21.0 Å². The molecule has 0 unspecified atom stereocenters. The average Bonchev–Trinajstić information content (AvgIpc) is 3.32. The molecule has 1 saturated heterocycles. The van der Waals surface area contributed by atoms with Crippen LogP contribution in [0.4, 0.5) is 0 Å². The maximum Gasteiger partial charge on any atom is 0.336 e. The van der Waals surface area contributed by atoms with Crippen LogP contribution in [-0.2, 0) is 16.6 Å². The van der Waals surface area contributed by atoms with Gasteiger partial charge in [0.05, 0.1) is 18.6 Å². The lowest BCUT2D eigenvalue weighted by Crippen LogP contribution is -2.48. The molecule has 10 nitrogen and oxygen atoms in total. The van der Waals surface area contributed by atoms with Crippen molar-refractivity contribution in [2.24, 2.45) is 0 Å². The fraction of sp³-hybridized carbons (Fsp3) is 0.261. The summed E-state index contributed by atoms with van der Waals surface area (Å²) in [7, 11) is -2.07. The molecule has 11 heteroatoms. The molecule has 0 aliphatic carbocycles. The van der Waals surface area contributed by atoms with E-state index in [2.05, 4.69) is 15.0 Å². The Morgan fingerprint density at radius 1 is 1.00 bits per heavy atom. The summed E-state index contributed by atoms with van der Waals surface area (Å²) >= 11 is 0. The zero-order valence-corrected chi connectivity index (χ0v) is 19.2. The van der Waals surface area contributed by atoms with E-state index in [-0.39, 0.29) is 4.90 Å². The molecule has 176 valence electrons. The second-order valence-electron chi connectivity index (χ2n) is 7.87. The molecular formula is C23H22N4O6S. The van der Waals surface area contributed by atoms with Gasteiger partial charge in [0, 0.05) is 43.2 Å². The highest BCUT2D eigenvalue weighted by Crippen LogP contribution is 2.23. The van der Waals surface area contributed by atoms with Crippen molar-refractivity contribution < 1.29 is 22.1 Å². The molecule has 1 aliphatic heterocycles. The minimum absolute atomic E-state index is 0.170. The molecule has 5 rings (SSSR count). The molecule has 34 heavy (non-hydrogen) atoms. The van der Waals surface area contributed by atoms with Gasteiger partial charge in [0.25, 0.3) is 0 Å². The highest BCUT2D eigenvalue weighted by Gasteiger charge is 2.29. The maximum absolute atomic E-state index is 13.1. The maximum atomic E-state index is 13.1. The Morgan fingerprint density at radius 3 is 2.50 bits per heavy atom. The van der Waals surface area contributed by atoms with Gasteiger partial charge in [-0.2, -0.15) is 9.29 Å². The molecule has 0 N–H and O–H groups in total. The summed E-state index contributed by atoms with van der Waals surface area (Å²) in [6.45, 7) is 2.17. The summed E-state index contributed by atoms with van der Waals surface area (Å²) in [6.07, 6.45) is 0. The predicted molar refractivity (Wildman–Crippen MR) is 123 cm³/mol. The zero-order valence-electron chi connectivity index (χ0n) is 18.4. The second kappa shape index (κ2) is 9.01. The molecule has 1 aliphatic rings. The number of methoxy groups -OCH3 is 1. The Morgan fingerprint density at radius 2 is 1.76 bits per heavy atom. The van der Waals surface area contributed by atoms with E-state index in [1.807, 2.05) is 24.3 Å². The van der Waals surface area contributed by atoms with Gasteiger partial charge < -0.3 is 13.7 Å². The van der Waals surface area contributed by atoms with Crippen molar-refractivity contribution in [1.82, 2.24) is 19.3 Å². The van der Waals surface area contributed by atoms with E-state index >= 15 is 0 Å². The van der Waals surface area contributed by atoms with E-state index < -0.39 is 15.6 Å². The number of piperazine rings is 1. The van der Waals surface area contributed by atoms with Crippen molar-refractivity contribution in [2.45, 2.75) is 11.4 Å². The van der Waals surface area contributed by atoms with E-state index in [1.54, 1.807) is 13.2 Å². The molecule has 1 fully saturated rings. The summed E-state index contributed by atoms with van der Waals surface area (Å²) in [5.74, 6) is 1.71. The van der Waals surface area contributed by atoms with Gasteiger partial charge >= 0.3 is 5.63 Å². The van der Waals surface area contributed by atoms with Crippen LogP contribution in [0.5, 0.6) is 5.75 Å². The standard InChI is InChI=1S/C23H22N4O6S/c1-31-18-5-2-16(3-6-18)23-24-21(33-25-23)15-26-10-12-27(13-11-26)34(29,30)19-7-8-20-17(14-19)4-9-22(28)32-20/h2-9,14H,10-13,15H2,1H3. The van der Waals surface area contributed by atoms with Gasteiger partial charge in [0.15, 0.2) is 0 Å². The van der Waals surface area contributed by atoms with E-state index in [0.29, 0.717) is 55.4 Å². The highest BCUT2D eigenvalue weighted by atomic mass is 32.2. The van der Waals surface area contributed by atoms with Crippen LogP contribution in [-0.4, -0.2) is 61.1 Å². The van der Waals surface area contributed by atoms with Gasteiger partial charge in [-0.05, 0) is 48.5 Å². The first-order valence-corrected chi connectivity index (χ1v) is 12.1. The quantitative estimate of drug-likeness (QED) is 0.382. The second-order valence-corrected chi connectivity index (χ2v) is 9.81. The molecule has 0 spiro atoms. The molecule has 3 heterocycles. The topological polar surface area (TPSA) is 119 Å². The smallest absolute Gasteiger partial charge is 0.336 e. The number of rotatable bonds is 6. The number of hydrogen-bond acceptors (Lipinski definition) is 9. The minimum atomic E-state index is -3.67. The largest absolute Gasteiger partial charge is 0.497 e. The number of aromatic nitrogens is 2. The fourth-order valence-corrected chi connectivity index (χ4v) is 5.31. The van der Waals surface area contributed by atoms with E-state index in [9.17, 15) is 13.2 Å². The molecule has 0 radical (unpaired) electrons. The Labute approximate surface area is 195 Å². The van der Waals surface area contributed by atoms with Crippen molar-refractivity contribution in [3.05, 3.63) is 70.9 Å². The lowest BCUT2D eigenvalue weighted by molar-refractivity contribution is 0.163. The first-order chi connectivity index (χ1) is 16.4. The van der Waals surface area contributed by atoms with Crippen LogP contribution in [0.3, 0.4) is 0 Å². The van der Waals surface area contributed by atoms with Crippen molar-refractivity contribution in [1.29, 1.82) is 0 Å². The van der Waals surface area contributed by atoms with E-state index in [4.69, 9.17) is 13.7 Å². The first-order valence-electron chi connectivity index (χ1n) is 10.7. The fourth-order valence-electron chi connectivity index (χ4n) is 3.86. The van der Waals surface area contributed by atoms with Gasteiger partial charge in [0.1, 0.15) is 11.3 Å². The van der Waals surface area contributed by atoms with Gasteiger partial charge in [-0.3, -0.25) is 4.90 Å². The van der Waals surface area contributed by atoms with Crippen molar-refractivity contribution in [3.63, 3.8) is 0 Å². The number of fused-ring (bicyclic) bond motifs is 1. The highest BCUT2D eigenvalue weighted by molar-refractivity contribution is 7.89. The lowest BCUT2D eigenvalue weighted by Gasteiger charge is -2.33. The van der Waals surface area contributed by atoms with Crippen LogP contribution < -0.4 is 10.4 Å². The van der Waals surface area contributed by atoms with Crippen LogP contribution >= 0.6 is 0 Å². The SMILES string of the molecule is COc1ccc(-c2noc(CN3CCN(S(=O)(=O)c4ccc5oc(=O)ccc5c4)CC3)n2)cc1. The monoisotopic (exact) mass is 482 g/mol. The number of sulfonamides is 1. The Hall–Kier alpha value is -3.54. The Kier molecular flexibility index (Phi) is 5.90. The summed E-state index contributed by atoms with van der Waals surface area (Å²) in [4.78, 5) is 18.1. The van der Waals surface area contributed by atoms with E-state index in [1.165, 1.54) is 28.6 Å². The average molecular weight is 483 g/mol. The molecule has 2 aromatic heterocycles.